The normalized spacial score (nSPS) is 28.6. The summed E-state index contributed by atoms with van der Waals surface area (Å²) in [5.41, 5.74) is 6.94. The van der Waals surface area contributed by atoms with Gasteiger partial charge in [-0.05, 0) is 43.9 Å². The summed E-state index contributed by atoms with van der Waals surface area (Å²) in [7, 11) is 0. The Hall–Kier alpha value is -2.50. The number of amides is 2. The third kappa shape index (κ3) is 3.49. The Balaban J connectivity index is 1.40. The van der Waals surface area contributed by atoms with E-state index in [1.807, 2.05) is 22.8 Å². The topological polar surface area (TPSA) is 93.7 Å². The van der Waals surface area contributed by atoms with Crippen LogP contribution in [-0.4, -0.2) is 70.3 Å². The Labute approximate surface area is 169 Å². The van der Waals surface area contributed by atoms with Crippen molar-refractivity contribution in [3.8, 4) is 6.07 Å². The summed E-state index contributed by atoms with van der Waals surface area (Å²) in [6, 6.07) is 6.92. The Morgan fingerprint density at radius 2 is 2.24 bits per heavy atom. The zero-order chi connectivity index (χ0) is 20.7. The zero-order valence-corrected chi connectivity index (χ0v) is 16.5. The Bertz CT molecular complexity index is 856. The summed E-state index contributed by atoms with van der Waals surface area (Å²) >= 11 is 0. The van der Waals surface area contributed by atoms with Crippen molar-refractivity contribution in [2.45, 2.75) is 56.4 Å². The van der Waals surface area contributed by atoms with Crippen molar-refractivity contribution in [2.75, 3.05) is 19.6 Å². The average Bonchev–Trinajstić information content (AvgIpc) is 3.41. The van der Waals surface area contributed by atoms with Gasteiger partial charge in [-0.15, -0.1) is 0 Å². The van der Waals surface area contributed by atoms with Gasteiger partial charge in [0.1, 0.15) is 11.9 Å². The van der Waals surface area contributed by atoms with Crippen LogP contribution < -0.4 is 5.73 Å². The van der Waals surface area contributed by atoms with Gasteiger partial charge in [-0.1, -0.05) is 12.1 Å². The molecule has 0 aliphatic carbocycles. The number of likely N-dealkylation sites (tertiary alicyclic amines) is 3. The SMILES string of the molecule is C[C@@H](c1cccc(F)c1)N1C(=O)[C@@H]2CC1CN2C[C@H](N)C(=O)N1CCC[C@H]1C#N. The summed E-state index contributed by atoms with van der Waals surface area (Å²) in [6.07, 6.45) is 2.20. The summed E-state index contributed by atoms with van der Waals surface area (Å²) in [5, 5.41) is 9.20. The number of hydrogen-bond donors (Lipinski definition) is 1. The van der Waals surface area contributed by atoms with Crippen molar-refractivity contribution in [1.82, 2.24) is 14.7 Å². The standard InChI is InChI=1S/C21H26FN5O2/c1-13(14-4-2-5-15(22)8-14)27-17-9-19(21(27)29)25(11-17)12-18(24)20(28)26-7-3-6-16(26)10-23/h2,4-5,8,13,16-19H,3,6-7,9,11-12,24H2,1H3/t13-,16-,17?,18-,19-/m0/s1. The third-order valence-electron chi connectivity index (χ3n) is 6.50. The summed E-state index contributed by atoms with van der Waals surface area (Å²) < 4.78 is 13.6. The van der Waals surface area contributed by atoms with Crippen LogP contribution in [0.1, 0.15) is 37.8 Å². The largest absolute Gasteiger partial charge is 0.330 e. The van der Waals surface area contributed by atoms with Gasteiger partial charge in [0.2, 0.25) is 11.8 Å². The lowest BCUT2D eigenvalue weighted by molar-refractivity contribution is -0.141. The highest BCUT2D eigenvalue weighted by Crippen LogP contribution is 2.38. The van der Waals surface area contributed by atoms with E-state index in [1.54, 1.807) is 11.0 Å². The highest BCUT2D eigenvalue weighted by atomic mass is 19.1. The third-order valence-corrected chi connectivity index (χ3v) is 6.50. The van der Waals surface area contributed by atoms with E-state index >= 15 is 0 Å². The van der Waals surface area contributed by atoms with Gasteiger partial charge < -0.3 is 15.5 Å². The van der Waals surface area contributed by atoms with E-state index in [1.165, 1.54) is 12.1 Å². The first-order valence-electron chi connectivity index (χ1n) is 10.2. The van der Waals surface area contributed by atoms with E-state index in [-0.39, 0.29) is 35.8 Å². The highest BCUT2D eigenvalue weighted by molar-refractivity contribution is 5.87. The van der Waals surface area contributed by atoms with Gasteiger partial charge in [-0.3, -0.25) is 14.5 Å². The predicted octanol–water partition coefficient (Wildman–Crippen LogP) is 1.01. The number of halogens is 1. The molecule has 1 aromatic carbocycles. The molecule has 29 heavy (non-hydrogen) atoms. The second kappa shape index (κ2) is 7.73. The van der Waals surface area contributed by atoms with Crippen LogP contribution in [-0.2, 0) is 9.59 Å². The maximum atomic E-state index is 13.6. The van der Waals surface area contributed by atoms with E-state index in [0.717, 1.165) is 12.0 Å². The molecule has 8 heteroatoms. The Kier molecular flexibility index (Phi) is 5.28. The first-order chi connectivity index (χ1) is 13.9. The van der Waals surface area contributed by atoms with Crippen LogP contribution in [0, 0.1) is 17.1 Å². The molecule has 4 rings (SSSR count). The first-order valence-corrected chi connectivity index (χ1v) is 10.2. The van der Waals surface area contributed by atoms with Crippen molar-refractivity contribution in [1.29, 1.82) is 5.26 Å². The van der Waals surface area contributed by atoms with Crippen molar-refractivity contribution >= 4 is 11.8 Å². The number of benzene rings is 1. The lowest BCUT2D eigenvalue weighted by Crippen LogP contribution is -2.56. The molecular formula is C21H26FN5O2. The number of hydrogen-bond acceptors (Lipinski definition) is 5. The van der Waals surface area contributed by atoms with E-state index in [9.17, 15) is 19.2 Å². The lowest BCUT2D eigenvalue weighted by atomic mass is 10.1. The highest BCUT2D eigenvalue weighted by Gasteiger charge is 2.51. The number of nitrogens with two attached hydrogens (primary N) is 1. The lowest BCUT2D eigenvalue weighted by Gasteiger charge is -2.38. The molecule has 2 bridgehead atoms. The van der Waals surface area contributed by atoms with Gasteiger partial charge in [0, 0.05) is 25.7 Å². The van der Waals surface area contributed by atoms with E-state index in [2.05, 4.69) is 6.07 Å². The van der Waals surface area contributed by atoms with Crippen LogP contribution in [0.15, 0.2) is 24.3 Å². The molecule has 5 atom stereocenters. The van der Waals surface area contributed by atoms with E-state index in [0.29, 0.717) is 32.5 Å². The van der Waals surface area contributed by atoms with Crippen molar-refractivity contribution in [2.24, 2.45) is 5.73 Å². The Morgan fingerprint density at radius 1 is 1.45 bits per heavy atom. The summed E-state index contributed by atoms with van der Waals surface area (Å²) in [5.74, 6) is -0.516. The Morgan fingerprint density at radius 3 is 2.93 bits per heavy atom. The second-order valence-electron chi connectivity index (χ2n) is 8.26. The molecule has 3 aliphatic heterocycles. The van der Waals surface area contributed by atoms with Crippen molar-refractivity contribution in [3.63, 3.8) is 0 Å². The van der Waals surface area contributed by atoms with Crippen molar-refractivity contribution in [3.05, 3.63) is 35.6 Å². The van der Waals surface area contributed by atoms with Crippen LogP contribution >= 0.6 is 0 Å². The molecule has 7 nitrogen and oxygen atoms in total. The smallest absolute Gasteiger partial charge is 0.241 e. The molecule has 1 aromatic rings. The number of carbonyl (C=O) groups excluding carboxylic acids is 2. The molecule has 3 heterocycles. The molecule has 154 valence electrons. The average molecular weight is 399 g/mol. The summed E-state index contributed by atoms with van der Waals surface area (Å²) in [4.78, 5) is 31.1. The maximum absolute atomic E-state index is 13.6. The predicted molar refractivity (Wildman–Crippen MR) is 104 cm³/mol. The zero-order valence-electron chi connectivity index (χ0n) is 16.5. The molecule has 3 aliphatic rings. The molecule has 0 spiro atoms. The number of rotatable bonds is 5. The molecule has 2 N–H and O–H groups in total. The molecular weight excluding hydrogens is 373 g/mol. The minimum Gasteiger partial charge on any atom is -0.330 e. The van der Waals surface area contributed by atoms with Gasteiger partial charge in [0.05, 0.1) is 24.2 Å². The maximum Gasteiger partial charge on any atom is 0.241 e. The molecule has 0 aromatic heterocycles. The number of carbonyl (C=O) groups is 2. The van der Waals surface area contributed by atoms with Crippen LogP contribution in [0.4, 0.5) is 4.39 Å². The molecule has 3 fully saturated rings. The van der Waals surface area contributed by atoms with Gasteiger partial charge in [0.15, 0.2) is 0 Å². The fraction of sp³-hybridized carbons (Fsp3) is 0.571. The number of piperazine rings is 1. The van der Waals surface area contributed by atoms with E-state index < -0.39 is 12.1 Å². The van der Waals surface area contributed by atoms with Crippen molar-refractivity contribution < 1.29 is 14.0 Å². The second-order valence-corrected chi connectivity index (χ2v) is 8.26. The van der Waals surface area contributed by atoms with Crippen LogP contribution in [0.5, 0.6) is 0 Å². The van der Waals surface area contributed by atoms with Crippen LogP contribution in [0.3, 0.4) is 0 Å². The minimum absolute atomic E-state index is 0.00809. The fourth-order valence-corrected chi connectivity index (χ4v) is 5.03. The number of nitriles is 1. The quantitative estimate of drug-likeness (QED) is 0.798. The van der Waals surface area contributed by atoms with E-state index in [4.69, 9.17) is 5.73 Å². The van der Waals surface area contributed by atoms with Crippen LogP contribution in [0.25, 0.3) is 0 Å². The van der Waals surface area contributed by atoms with Gasteiger partial charge in [-0.2, -0.15) is 5.26 Å². The van der Waals surface area contributed by atoms with Gasteiger partial charge in [-0.25, -0.2) is 4.39 Å². The number of nitrogens with zero attached hydrogens (tertiary/aromatic N) is 4. The van der Waals surface area contributed by atoms with Gasteiger partial charge >= 0.3 is 0 Å². The molecule has 3 saturated heterocycles. The monoisotopic (exact) mass is 399 g/mol. The molecule has 0 saturated carbocycles. The minimum atomic E-state index is -0.745. The first kappa shape index (κ1) is 19.8. The number of fused-ring (bicyclic) bond motifs is 2. The fourth-order valence-electron chi connectivity index (χ4n) is 5.03. The molecule has 0 radical (unpaired) electrons. The summed E-state index contributed by atoms with van der Waals surface area (Å²) in [6.45, 7) is 3.44. The molecule has 1 unspecified atom stereocenters. The molecule has 2 amide bonds. The van der Waals surface area contributed by atoms with Gasteiger partial charge in [0.25, 0.3) is 0 Å². The van der Waals surface area contributed by atoms with Crippen LogP contribution in [0.2, 0.25) is 0 Å².